The molecule has 62 heavy (non-hydrogen) atoms. The van der Waals surface area contributed by atoms with Crippen molar-refractivity contribution in [1.29, 1.82) is 0 Å². The van der Waals surface area contributed by atoms with E-state index in [1.54, 1.807) is 0 Å². The highest BCUT2D eigenvalue weighted by atomic mass is 15.2. The van der Waals surface area contributed by atoms with Gasteiger partial charge in [0.05, 0.1) is 16.7 Å². The van der Waals surface area contributed by atoms with Gasteiger partial charge in [-0.2, -0.15) is 5.10 Å². The van der Waals surface area contributed by atoms with Crippen LogP contribution in [-0.4, -0.2) is 16.6 Å². The SMILES string of the molecule is C/C(=N\N=C/N)c1ccc2c3ccc(C4=CCCC=C4c4cccc(C)c4)cc3n(-c3ccccc3)c2c1.CC.Cc1ccc2ccccc2c1.Cc1cccc2ccccc12. The van der Waals surface area contributed by atoms with Gasteiger partial charge in [-0.1, -0.05) is 189 Å². The second-order valence-electron chi connectivity index (χ2n) is 15.4. The summed E-state index contributed by atoms with van der Waals surface area (Å²) in [5.74, 6) is 0. The minimum absolute atomic E-state index is 0.819. The summed E-state index contributed by atoms with van der Waals surface area (Å²) in [7, 11) is 0. The maximum absolute atomic E-state index is 5.41. The first-order chi connectivity index (χ1) is 30.4. The first-order valence-electron chi connectivity index (χ1n) is 21.7. The number of benzene rings is 8. The molecule has 0 spiro atoms. The summed E-state index contributed by atoms with van der Waals surface area (Å²) in [5, 5.41) is 15.9. The molecule has 4 heteroatoms. The molecular weight excluding hydrogens is 753 g/mol. The van der Waals surface area contributed by atoms with Crippen LogP contribution in [0.4, 0.5) is 0 Å². The van der Waals surface area contributed by atoms with Gasteiger partial charge in [-0.25, -0.2) is 0 Å². The molecule has 0 amide bonds. The lowest BCUT2D eigenvalue weighted by atomic mass is 9.87. The zero-order valence-electron chi connectivity index (χ0n) is 36.8. The molecule has 2 N–H and O–H groups in total. The number of aromatic nitrogens is 1. The molecule has 0 bridgehead atoms. The molecule has 1 heterocycles. The molecule has 10 rings (SSSR count). The minimum Gasteiger partial charge on any atom is -0.388 e. The van der Waals surface area contributed by atoms with E-state index in [2.05, 4.69) is 224 Å². The Hall–Kier alpha value is -7.30. The highest BCUT2D eigenvalue weighted by molar-refractivity contribution is 6.14. The molecular formula is C58H56N4. The Morgan fingerprint density at radius 3 is 1.82 bits per heavy atom. The third-order valence-electron chi connectivity index (χ3n) is 11.2. The minimum atomic E-state index is 0.819. The molecule has 9 aromatic rings. The summed E-state index contributed by atoms with van der Waals surface area (Å²) in [5.41, 5.74) is 19.8. The fourth-order valence-corrected chi connectivity index (χ4v) is 8.17. The zero-order valence-corrected chi connectivity index (χ0v) is 36.8. The summed E-state index contributed by atoms with van der Waals surface area (Å²) in [6.07, 6.45) is 8.11. The van der Waals surface area contributed by atoms with Crippen molar-refractivity contribution in [2.24, 2.45) is 15.9 Å². The molecule has 0 saturated carbocycles. The van der Waals surface area contributed by atoms with Crippen LogP contribution in [0.2, 0.25) is 0 Å². The smallest absolute Gasteiger partial charge is 0.108 e. The van der Waals surface area contributed by atoms with E-state index in [-0.39, 0.29) is 0 Å². The van der Waals surface area contributed by atoms with Gasteiger partial charge < -0.3 is 10.3 Å². The summed E-state index contributed by atoms with van der Waals surface area (Å²) in [4.78, 5) is 0. The van der Waals surface area contributed by atoms with Crippen LogP contribution >= 0.6 is 0 Å². The molecule has 4 nitrogen and oxygen atoms in total. The van der Waals surface area contributed by atoms with Crippen molar-refractivity contribution in [3.05, 3.63) is 221 Å². The normalized spacial score (nSPS) is 12.5. The van der Waals surface area contributed by atoms with Gasteiger partial charge in [0.15, 0.2) is 0 Å². The molecule has 308 valence electrons. The lowest BCUT2D eigenvalue weighted by molar-refractivity contribution is 1.04. The first-order valence-corrected chi connectivity index (χ1v) is 21.7. The molecule has 1 aliphatic rings. The van der Waals surface area contributed by atoms with E-state index in [0.29, 0.717) is 0 Å². The molecule has 0 fully saturated rings. The average molecular weight is 809 g/mol. The van der Waals surface area contributed by atoms with Crippen molar-refractivity contribution in [1.82, 2.24) is 4.57 Å². The lowest BCUT2D eigenvalue weighted by Gasteiger charge is -2.18. The second-order valence-corrected chi connectivity index (χ2v) is 15.4. The van der Waals surface area contributed by atoms with Gasteiger partial charge in [-0.05, 0) is 120 Å². The Kier molecular flexibility index (Phi) is 14.0. The molecule has 1 aliphatic carbocycles. The Morgan fingerprint density at radius 1 is 0.516 bits per heavy atom. The van der Waals surface area contributed by atoms with Gasteiger partial charge in [-0.15, -0.1) is 5.10 Å². The summed E-state index contributed by atoms with van der Waals surface area (Å²) in [6.45, 7) is 12.4. The quantitative estimate of drug-likeness (QED) is 0.105. The van der Waals surface area contributed by atoms with E-state index in [4.69, 9.17) is 5.73 Å². The maximum Gasteiger partial charge on any atom is 0.108 e. The molecule has 0 atom stereocenters. The number of aryl methyl sites for hydroxylation is 3. The highest BCUT2D eigenvalue weighted by Crippen LogP contribution is 2.39. The summed E-state index contributed by atoms with van der Waals surface area (Å²) < 4.78 is 2.36. The third kappa shape index (κ3) is 9.67. The van der Waals surface area contributed by atoms with Gasteiger partial charge in [0.2, 0.25) is 0 Å². The van der Waals surface area contributed by atoms with Crippen molar-refractivity contribution in [3.8, 4) is 5.69 Å². The fourth-order valence-electron chi connectivity index (χ4n) is 8.17. The largest absolute Gasteiger partial charge is 0.388 e. The molecule has 0 aliphatic heterocycles. The zero-order chi connectivity index (χ0) is 43.4. The van der Waals surface area contributed by atoms with Crippen LogP contribution in [0.5, 0.6) is 0 Å². The molecule has 0 saturated heterocycles. The Balaban J connectivity index is 0.000000194. The van der Waals surface area contributed by atoms with Crippen molar-refractivity contribution >= 4 is 66.5 Å². The number of allylic oxidation sites excluding steroid dienone is 4. The van der Waals surface area contributed by atoms with Crippen molar-refractivity contribution < 1.29 is 0 Å². The average Bonchev–Trinajstić information content (AvgIpc) is 3.65. The van der Waals surface area contributed by atoms with Crippen LogP contribution in [0, 0.1) is 20.8 Å². The van der Waals surface area contributed by atoms with Crippen LogP contribution in [0.15, 0.2) is 198 Å². The third-order valence-corrected chi connectivity index (χ3v) is 11.2. The number of fused-ring (bicyclic) bond motifs is 5. The van der Waals surface area contributed by atoms with E-state index < -0.39 is 0 Å². The van der Waals surface area contributed by atoms with Crippen molar-refractivity contribution in [2.75, 3.05) is 0 Å². The van der Waals surface area contributed by atoms with E-state index in [9.17, 15) is 0 Å². The van der Waals surface area contributed by atoms with E-state index in [0.717, 1.165) is 35.3 Å². The maximum atomic E-state index is 5.41. The first kappa shape index (κ1) is 42.8. The number of nitrogens with zero attached hydrogens (tertiary/aromatic N) is 3. The topological polar surface area (TPSA) is 55.7 Å². The standard InChI is InChI=1S/C34H30N4.2C11H10.C2H6/c1-23-9-8-10-26(19-23)29-13-6-7-14-30(29)27-16-18-32-31-17-15-25(24(2)37-36-22-35)20-33(31)38(34(32)21-27)28-11-4-3-5-12-28;1-9-5-4-7-10-6-2-3-8-11(9)10;1-9-6-7-10-4-2-3-5-11(10)8-9;1-2/h3-5,8-22H,6-7H2,1-2H3,(H2,35,36);2*2-8H,1H3;1-2H3/b37-24+;;;. The van der Waals surface area contributed by atoms with Crippen LogP contribution in [-0.2, 0) is 0 Å². The Bertz CT molecular complexity index is 3080. The number of rotatable bonds is 5. The fraction of sp³-hybridized carbons (Fsp3) is 0.138. The van der Waals surface area contributed by atoms with E-state index in [1.165, 1.54) is 83.1 Å². The van der Waals surface area contributed by atoms with Crippen LogP contribution < -0.4 is 5.73 Å². The van der Waals surface area contributed by atoms with Gasteiger partial charge >= 0.3 is 0 Å². The van der Waals surface area contributed by atoms with Gasteiger partial charge in [0, 0.05) is 16.5 Å². The Morgan fingerprint density at radius 2 is 1.11 bits per heavy atom. The molecule has 8 aromatic carbocycles. The van der Waals surface area contributed by atoms with Crippen molar-refractivity contribution in [2.45, 2.75) is 54.4 Å². The number of hydrogen-bond acceptors (Lipinski definition) is 2. The van der Waals surface area contributed by atoms with Crippen LogP contribution in [0.1, 0.15) is 67.0 Å². The predicted octanol–water partition coefficient (Wildman–Crippen LogP) is 15.4. The molecule has 1 aromatic heterocycles. The van der Waals surface area contributed by atoms with E-state index in [1.807, 2.05) is 20.8 Å². The lowest BCUT2D eigenvalue weighted by Crippen LogP contribution is -1.98. The van der Waals surface area contributed by atoms with Crippen LogP contribution in [0.3, 0.4) is 0 Å². The van der Waals surface area contributed by atoms with Gasteiger partial charge in [0.1, 0.15) is 6.34 Å². The summed E-state index contributed by atoms with van der Waals surface area (Å²) in [6, 6.07) is 62.5. The summed E-state index contributed by atoms with van der Waals surface area (Å²) >= 11 is 0. The predicted molar refractivity (Wildman–Crippen MR) is 271 cm³/mol. The molecule has 0 radical (unpaired) electrons. The van der Waals surface area contributed by atoms with Crippen molar-refractivity contribution in [3.63, 3.8) is 0 Å². The molecule has 0 unspecified atom stereocenters. The van der Waals surface area contributed by atoms with Crippen LogP contribution in [0.25, 0.3) is 60.2 Å². The monoisotopic (exact) mass is 808 g/mol. The van der Waals surface area contributed by atoms with Gasteiger partial charge in [0.25, 0.3) is 0 Å². The highest BCUT2D eigenvalue weighted by Gasteiger charge is 2.18. The Labute approximate surface area is 367 Å². The number of hydrogen-bond donors (Lipinski definition) is 1. The second kappa shape index (κ2) is 20.3. The number of nitrogens with two attached hydrogens (primary N) is 1. The number of para-hydroxylation sites is 1. The van der Waals surface area contributed by atoms with Gasteiger partial charge in [-0.3, -0.25) is 0 Å². The van der Waals surface area contributed by atoms with E-state index >= 15 is 0 Å².